The minimum atomic E-state index is -3.54. The van der Waals surface area contributed by atoms with Crippen molar-refractivity contribution in [2.45, 2.75) is 18.7 Å². The van der Waals surface area contributed by atoms with E-state index < -0.39 is 15.6 Å². The van der Waals surface area contributed by atoms with Gasteiger partial charge in [-0.15, -0.1) is 0 Å². The lowest BCUT2D eigenvalue weighted by Crippen LogP contribution is -2.30. The van der Waals surface area contributed by atoms with E-state index in [0.29, 0.717) is 24.1 Å². The van der Waals surface area contributed by atoms with Gasteiger partial charge in [-0.3, -0.25) is 0 Å². The smallest absolute Gasteiger partial charge is 0.359 e. The Morgan fingerprint density at radius 3 is 2.45 bits per heavy atom. The first-order valence-electron chi connectivity index (χ1n) is 6.23. The maximum absolute atomic E-state index is 12.4. The second-order valence-corrected chi connectivity index (χ2v) is 6.22. The molecule has 0 spiro atoms. The third-order valence-electron chi connectivity index (χ3n) is 3.07. The number of benzene rings is 1. The molecule has 0 aliphatic carbocycles. The second kappa shape index (κ2) is 5.26. The van der Waals surface area contributed by atoms with Gasteiger partial charge in [-0.25, -0.2) is 13.2 Å². The van der Waals surface area contributed by atoms with Crippen LogP contribution in [0.4, 0.5) is 5.69 Å². The summed E-state index contributed by atoms with van der Waals surface area (Å²) in [5, 5.41) is 0.482. The van der Waals surface area contributed by atoms with E-state index in [4.69, 9.17) is 10.2 Å². The van der Waals surface area contributed by atoms with E-state index in [2.05, 4.69) is 0 Å². The highest BCUT2D eigenvalue weighted by Gasteiger charge is 2.22. The van der Waals surface area contributed by atoms with Crippen molar-refractivity contribution in [2.24, 2.45) is 0 Å². The van der Waals surface area contributed by atoms with Gasteiger partial charge in [0.05, 0.1) is 4.90 Å². The molecule has 2 aromatic rings. The lowest BCUT2D eigenvalue weighted by Gasteiger charge is -2.18. The van der Waals surface area contributed by atoms with E-state index in [0.717, 1.165) is 0 Å². The van der Waals surface area contributed by atoms with Crippen LogP contribution in [0.3, 0.4) is 0 Å². The van der Waals surface area contributed by atoms with Gasteiger partial charge in [0, 0.05) is 18.5 Å². The molecule has 0 amide bonds. The first-order valence-corrected chi connectivity index (χ1v) is 7.67. The second-order valence-electron chi connectivity index (χ2n) is 4.28. The van der Waals surface area contributed by atoms with Crippen LogP contribution in [0.5, 0.6) is 0 Å². The van der Waals surface area contributed by atoms with Gasteiger partial charge in [0.25, 0.3) is 0 Å². The first kappa shape index (κ1) is 14.5. The lowest BCUT2D eigenvalue weighted by atomic mass is 10.2. The molecule has 0 saturated carbocycles. The molecule has 0 aliphatic heterocycles. The van der Waals surface area contributed by atoms with E-state index >= 15 is 0 Å². The summed E-state index contributed by atoms with van der Waals surface area (Å²) in [4.78, 5) is 11.5. The highest BCUT2D eigenvalue weighted by molar-refractivity contribution is 7.89. The zero-order valence-electron chi connectivity index (χ0n) is 11.3. The predicted octanol–water partition coefficient (Wildman–Crippen LogP) is 1.41. The van der Waals surface area contributed by atoms with Crippen LogP contribution in [0.1, 0.15) is 13.8 Å². The molecule has 1 aromatic heterocycles. The number of nitrogens with two attached hydrogens (primary N) is 1. The molecule has 0 bridgehead atoms. The zero-order valence-corrected chi connectivity index (χ0v) is 12.1. The Kier molecular flexibility index (Phi) is 3.82. The van der Waals surface area contributed by atoms with Gasteiger partial charge in [-0.2, -0.15) is 4.31 Å². The van der Waals surface area contributed by atoms with Crippen LogP contribution in [-0.2, 0) is 10.0 Å². The fraction of sp³-hybridized carbons (Fsp3) is 0.308. The molecule has 0 fully saturated rings. The Morgan fingerprint density at radius 1 is 1.20 bits per heavy atom. The largest absolute Gasteiger partial charge is 0.421 e. The summed E-state index contributed by atoms with van der Waals surface area (Å²) in [6, 6.07) is 5.77. The number of rotatable bonds is 4. The predicted molar refractivity (Wildman–Crippen MR) is 77.0 cm³/mol. The molecular weight excluding hydrogens is 280 g/mol. The van der Waals surface area contributed by atoms with Crippen LogP contribution in [0, 0.1) is 0 Å². The molecule has 0 unspecified atom stereocenters. The van der Waals surface area contributed by atoms with Crippen LogP contribution >= 0.6 is 0 Å². The van der Waals surface area contributed by atoms with Crippen LogP contribution in [-0.4, -0.2) is 25.8 Å². The Morgan fingerprint density at radius 2 is 1.85 bits per heavy atom. The van der Waals surface area contributed by atoms with Gasteiger partial charge >= 0.3 is 5.63 Å². The third kappa shape index (κ3) is 2.41. The van der Waals surface area contributed by atoms with E-state index in [1.165, 1.54) is 28.6 Å². The molecule has 0 atom stereocenters. The summed E-state index contributed by atoms with van der Waals surface area (Å²) in [7, 11) is -3.54. The Bertz CT molecular complexity index is 792. The van der Waals surface area contributed by atoms with Crippen LogP contribution in [0.15, 0.2) is 38.4 Å². The molecule has 2 N–H and O–H groups in total. The molecule has 7 heteroatoms. The van der Waals surface area contributed by atoms with Gasteiger partial charge in [-0.1, -0.05) is 13.8 Å². The molecule has 20 heavy (non-hydrogen) atoms. The highest BCUT2D eigenvalue weighted by atomic mass is 32.2. The fourth-order valence-electron chi connectivity index (χ4n) is 1.99. The van der Waals surface area contributed by atoms with Crippen LogP contribution in [0.2, 0.25) is 0 Å². The maximum atomic E-state index is 12.4. The summed E-state index contributed by atoms with van der Waals surface area (Å²) >= 11 is 0. The van der Waals surface area contributed by atoms with Crippen molar-refractivity contribution in [3.05, 3.63) is 34.7 Å². The topological polar surface area (TPSA) is 93.6 Å². The van der Waals surface area contributed by atoms with E-state index in [1.54, 1.807) is 13.8 Å². The molecule has 2 rings (SSSR count). The van der Waals surface area contributed by atoms with Gasteiger partial charge in [0.2, 0.25) is 10.0 Å². The summed E-state index contributed by atoms with van der Waals surface area (Å²) in [5.41, 5.74) is 5.12. The number of hydrogen-bond acceptors (Lipinski definition) is 5. The van der Waals surface area contributed by atoms with Gasteiger partial charge in [0.1, 0.15) is 11.3 Å². The normalized spacial score (nSPS) is 12.2. The van der Waals surface area contributed by atoms with E-state index in [9.17, 15) is 13.2 Å². The summed E-state index contributed by atoms with van der Waals surface area (Å²) in [6.07, 6.45) is 0. The fourth-order valence-corrected chi connectivity index (χ4v) is 3.48. The van der Waals surface area contributed by atoms with Gasteiger partial charge < -0.3 is 10.2 Å². The Hall–Kier alpha value is -1.86. The SMILES string of the molecule is CCN(CC)S(=O)(=O)c1ccc2oc(=O)c(N)cc2c1. The van der Waals surface area contributed by atoms with Gasteiger partial charge in [0.15, 0.2) is 0 Å². The Labute approximate surface area is 116 Å². The molecule has 0 saturated heterocycles. The quantitative estimate of drug-likeness (QED) is 0.861. The number of fused-ring (bicyclic) bond motifs is 1. The molecule has 0 radical (unpaired) electrons. The number of sulfonamides is 1. The molecule has 0 aliphatic rings. The summed E-state index contributed by atoms with van der Waals surface area (Å²) < 4.78 is 31.1. The Balaban J connectivity index is 2.62. The van der Waals surface area contributed by atoms with Crippen molar-refractivity contribution in [3.63, 3.8) is 0 Å². The minimum Gasteiger partial charge on any atom is -0.421 e. The maximum Gasteiger partial charge on any atom is 0.359 e. The number of anilines is 1. The van der Waals surface area contributed by atoms with Crippen molar-refractivity contribution in [2.75, 3.05) is 18.8 Å². The standard InChI is InChI=1S/C13H16N2O4S/c1-3-15(4-2)20(17,18)10-5-6-12-9(7-10)8-11(14)13(16)19-12/h5-8H,3-4,14H2,1-2H3. The van der Waals surface area contributed by atoms with E-state index in [-0.39, 0.29) is 10.6 Å². The van der Waals surface area contributed by atoms with Gasteiger partial charge in [-0.05, 0) is 24.3 Å². The van der Waals surface area contributed by atoms with Crippen molar-refractivity contribution in [3.8, 4) is 0 Å². The zero-order chi connectivity index (χ0) is 14.9. The molecule has 108 valence electrons. The van der Waals surface area contributed by atoms with Crippen molar-refractivity contribution in [1.82, 2.24) is 4.31 Å². The number of nitrogen functional groups attached to an aromatic ring is 1. The molecule has 1 heterocycles. The van der Waals surface area contributed by atoms with Crippen LogP contribution < -0.4 is 11.4 Å². The number of nitrogens with zero attached hydrogens (tertiary/aromatic N) is 1. The molecule has 1 aromatic carbocycles. The van der Waals surface area contributed by atoms with E-state index in [1.807, 2.05) is 0 Å². The average molecular weight is 296 g/mol. The molecule has 6 nitrogen and oxygen atoms in total. The van der Waals surface area contributed by atoms with Crippen molar-refractivity contribution in [1.29, 1.82) is 0 Å². The summed E-state index contributed by atoms with van der Waals surface area (Å²) in [5.74, 6) is 0. The lowest BCUT2D eigenvalue weighted by molar-refractivity contribution is 0.445. The first-order chi connectivity index (χ1) is 9.40. The number of hydrogen-bond donors (Lipinski definition) is 1. The minimum absolute atomic E-state index is 0.0464. The summed E-state index contributed by atoms with van der Waals surface area (Å²) in [6.45, 7) is 4.34. The average Bonchev–Trinajstić information content (AvgIpc) is 2.40. The molecular formula is C13H16N2O4S. The monoisotopic (exact) mass is 296 g/mol. The highest BCUT2D eigenvalue weighted by Crippen LogP contribution is 2.22. The van der Waals surface area contributed by atoms with Crippen molar-refractivity contribution >= 4 is 26.7 Å². The van der Waals surface area contributed by atoms with Crippen LogP contribution in [0.25, 0.3) is 11.0 Å². The third-order valence-corrected chi connectivity index (χ3v) is 5.12. The van der Waals surface area contributed by atoms with Crippen molar-refractivity contribution < 1.29 is 12.8 Å².